The average Bonchev–Trinajstić information content (AvgIpc) is 2.67. The van der Waals surface area contributed by atoms with Gasteiger partial charge in [-0.25, -0.2) is 4.98 Å². The van der Waals surface area contributed by atoms with Gasteiger partial charge in [0, 0.05) is 38.8 Å². The van der Waals surface area contributed by atoms with Gasteiger partial charge >= 0.3 is 0 Å². The number of amides is 1. The smallest absolute Gasteiger partial charge is 0.221 e. The Kier molecular flexibility index (Phi) is 3.56. The maximum Gasteiger partial charge on any atom is 0.221 e. The Balaban J connectivity index is 2.00. The van der Waals surface area contributed by atoms with Crippen LogP contribution in [-0.4, -0.2) is 42.0 Å². The van der Waals surface area contributed by atoms with Gasteiger partial charge < -0.3 is 19.9 Å². The highest BCUT2D eigenvalue weighted by Crippen LogP contribution is 2.22. The third-order valence-electron chi connectivity index (χ3n) is 3.56. The van der Waals surface area contributed by atoms with Gasteiger partial charge in [0.1, 0.15) is 5.65 Å². The number of rotatable bonds is 3. The van der Waals surface area contributed by atoms with Crippen LogP contribution in [0.15, 0.2) is 24.4 Å². The van der Waals surface area contributed by atoms with Crippen LogP contribution in [-0.2, 0) is 11.3 Å². The minimum Gasteiger partial charge on any atom is -0.354 e. The Labute approximate surface area is 117 Å². The number of hydrogen-bond donors (Lipinski definition) is 2. The van der Waals surface area contributed by atoms with E-state index in [1.54, 1.807) is 0 Å². The van der Waals surface area contributed by atoms with Gasteiger partial charge in [-0.3, -0.25) is 4.79 Å². The zero-order chi connectivity index (χ0) is 13.9. The van der Waals surface area contributed by atoms with Gasteiger partial charge in [-0.15, -0.1) is 0 Å². The van der Waals surface area contributed by atoms with Crippen LogP contribution < -0.4 is 15.5 Å². The lowest BCUT2D eigenvalue weighted by atomic mass is 10.3. The third kappa shape index (κ3) is 2.34. The van der Waals surface area contributed by atoms with Gasteiger partial charge in [0.15, 0.2) is 5.82 Å². The zero-order valence-electron chi connectivity index (χ0n) is 11.6. The first-order valence-corrected chi connectivity index (χ1v) is 6.92. The molecule has 1 saturated heterocycles. The van der Waals surface area contributed by atoms with Crippen molar-refractivity contribution in [2.75, 3.05) is 31.6 Å². The lowest BCUT2D eigenvalue weighted by Crippen LogP contribution is -2.29. The standard InChI is InChI=1S/C14H19N5O/c1-15-10-11-14(17-12-4-2-3-7-19(11)12)18-8-5-13(20)16-6-9-18/h2-4,7,15H,5-6,8-10H2,1H3,(H,16,20). The normalized spacial score (nSPS) is 16.2. The number of carbonyl (C=O) groups excluding carboxylic acids is 1. The summed E-state index contributed by atoms with van der Waals surface area (Å²) in [5.41, 5.74) is 2.08. The molecule has 0 atom stereocenters. The maximum atomic E-state index is 11.5. The Morgan fingerprint density at radius 3 is 3.15 bits per heavy atom. The molecule has 106 valence electrons. The van der Waals surface area contributed by atoms with E-state index >= 15 is 0 Å². The van der Waals surface area contributed by atoms with Gasteiger partial charge in [-0.1, -0.05) is 6.07 Å². The van der Waals surface area contributed by atoms with E-state index in [2.05, 4.69) is 19.9 Å². The number of carbonyl (C=O) groups is 1. The van der Waals surface area contributed by atoms with Crippen LogP contribution >= 0.6 is 0 Å². The second-order valence-corrected chi connectivity index (χ2v) is 4.93. The highest BCUT2D eigenvalue weighted by molar-refractivity contribution is 5.77. The van der Waals surface area contributed by atoms with Crippen molar-refractivity contribution in [3.05, 3.63) is 30.1 Å². The number of pyridine rings is 1. The molecular weight excluding hydrogens is 254 g/mol. The highest BCUT2D eigenvalue weighted by atomic mass is 16.1. The van der Waals surface area contributed by atoms with Gasteiger partial charge in [0.05, 0.1) is 5.69 Å². The van der Waals surface area contributed by atoms with Crippen molar-refractivity contribution in [1.29, 1.82) is 0 Å². The summed E-state index contributed by atoms with van der Waals surface area (Å²) in [5.74, 6) is 1.09. The lowest BCUT2D eigenvalue weighted by Gasteiger charge is -2.20. The van der Waals surface area contributed by atoms with Crippen LogP contribution in [0.1, 0.15) is 12.1 Å². The van der Waals surface area contributed by atoms with Crippen molar-refractivity contribution < 1.29 is 4.79 Å². The van der Waals surface area contributed by atoms with Gasteiger partial charge in [-0.05, 0) is 19.2 Å². The number of fused-ring (bicyclic) bond motifs is 1. The molecule has 6 heteroatoms. The molecule has 2 aromatic rings. The fourth-order valence-electron chi connectivity index (χ4n) is 2.60. The fraction of sp³-hybridized carbons (Fsp3) is 0.429. The number of nitrogens with one attached hydrogen (secondary N) is 2. The van der Waals surface area contributed by atoms with Crippen LogP contribution in [0.25, 0.3) is 5.65 Å². The van der Waals surface area contributed by atoms with Crippen LogP contribution in [0.2, 0.25) is 0 Å². The van der Waals surface area contributed by atoms with Crippen molar-refractivity contribution >= 4 is 17.4 Å². The summed E-state index contributed by atoms with van der Waals surface area (Å²) in [6.07, 6.45) is 2.55. The molecule has 1 fully saturated rings. The topological polar surface area (TPSA) is 61.7 Å². The summed E-state index contributed by atoms with van der Waals surface area (Å²) in [4.78, 5) is 18.4. The van der Waals surface area contributed by atoms with E-state index in [4.69, 9.17) is 4.98 Å². The molecule has 0 bridgehead atoms. The molecular formula is C14H19N5O. The van der Waals surface area contributed by atoms with E-state index in [-0.39, 0.29) is 5.91 Å². The Hall–Kier alpha value is -2.08. The largest absolute Gasteiger partial charge is 0.354 e. The van der Waals surface area contributed by atoms with Crippen molar-refractivity contribution in [2.45, 2.75) is 13.0 Å². The molecule has 0 aliphatic carbocycles. The monoisotopic (exact) mass is 273 g/mol. The predicted molar refractivity (Wildman–Crippen MR) is 77.8 cm³/mol. The molecule has 3 heterocycles. The van der Waals surface area contributed by atoms with E-state index in [9.17, 15) is 4.79 Å². The van der Waals surface area contributed by atoms with Crippen LogP contribution in [0.5, 0.6) is 0 Å². The van der Waals surface area contributed by atoms with E-state index in [0.717, 1.165) is 30.2 Å². The summed E-state index contributed by atoms with van der Waals surface area (Å²) < 4.78 is 2.10. The van der Waals surface area contributed by atoms with Crippen molar-refractivity contribution in [2.24, 2.45) is 0 Å². The minimum atomic E-state index is 0.117. The third-order valence-corrected chi connectivity index (χ3v) is 3.56. The summed E-state index contributed by atoms with van der Waals surface area (Å²) in [7, 11) is 1.93. The summed E-state index contributed by atoms with van der Waals surface area (Å²) in [6, 6.07) is 6.00. The Morgan fingerprint density at radius 1 is 1.40 bits per heavy atom. The molecule has 0 saturated carbocycles. The van der Waals surface area contributed by atoms with Gasteiger partial charge in [0.2, 0.25) is 5.91 Å². The number of aromatic nitrogens is 2. The molecule has 0 unspecified atom stereocenters. The SMILES string of the molecule is CNCc1c(N2CCNC(=O)CC2)nc2ccccn12. The predicted octanol–water partition coefficient (Wildman–Crippen LogP) is 0.380. The van der Waals surface area contributed by atoms with Crippen molar-refractivity contribution in [3.63, 3.8) is 0 Å². The molecule has 2 aromatic heterocycles. The van der Waals surface area contributed by atoms with Gasteiger partial charge in [0.25, 0.3) is 0 Å². The average molecular weight is 273 g/mol. The second kappa shape index (κ2) is 5.50. The number of imidazole rings is 1. The second-order valence-electron chi connectivity index (χ2n) is 4.93. The summed E-state index contributed by atoms with van der Waals surface area (Å²) >= 11 is 0. The molecule has 3 rings (SSSR count). The molecule has 2 N–H and O–H groups in total. The first-order chi connectivity index (χ1) is 9.79. The van der Waals surface area contributed by atoms with Crippen LogP contribution in [0, 0.1) is 0 Å². The molecule has 1 aliphatic heterocycles. The Bertz CT molecular complexity index is 621. The molecule has 1 aliphatic rings. The Morgan fingerprint density at radius 2 is 2.30 bits per heavy atom. The van der Waals surface area contributed by atoms with Crippen LogP contribution in [0.4, 0.5) is 5.82 Å². The summed E-state index contributed by atoms with van der Waals surface area (Å²) in [5, 5.41) is 6.09. The first kappa shape index (κ1) is 12.9. The van der Waals surface area contributed by atoms with E-state index < -0.39 is 0 Å². The van der Waals surface area contributed by atoms with Gasteiger partial charge in [-0.2, -0.15) is 0 Å². The molecule has 1 amide bonds. The lowest BCUT2D eigenvalue weighted by molar-refractivity contribution is -0.120. The van der Waals surface area contributed by atoms with Crippen molar-refractivity contribution in [1.82, 2.24) is 20.0 Å². The van der Waals surface area contributed by atoms with Crippen molar-refractivity contribution in [3.8, 4) is 0 Å². The summed E-state index contributed by atoms with van der Waals surface area (Å²) in [6.45, 7) is 2.93. The number of nitrogens with zero attached hydrogens (tertiary/aromatic N) is 3. The first-order valence-electron chi connectivity index (χ1n) is 6.92. The van der Waals surface area contributed by atoms with E-state index in [1.165, 1.54) is 0 Å². The minimum absolute atomic E-state index is 0.117. The molecule has 6 nitrogen and oxygen atoms in total. The van der Waals surface area contributed by atoms with E-state index in [0.29, 0.717) is 19.5 Å². The number of anilines is 1. The molecule has 0 spiro atoms. The number of hydrogen-bond acceptors (Lipinski definition) is 4. The zero-order valence-corrected chi connectivity index (χ0v) is 11.6. The maximum absolute atomic E-state index is 11.5. The molecule has 0 aromatic carbocycles. The molecule has 20 heavy (non-hydrogen) atoms. The quantitative estimate of drug-likeness (QED) is 0.849. The van der Waals surface area contributed by atoms with E-state index in [1.807, 2.05) is 31.4 Å². The highest BCUT2D eigenvalue weighted by Gasteiger charge is 2.20. The fourth-order valence-corrected chi connectivity index (χ4v) is 2.60. The van der Waals surface area contributed by atoms with Crippen LogP contribution in [0.3, 0.4) is 0 Å². The molecule has 0 radical (unpaired) electrons.